The first-order valence-corrected chi connectivity index (χ1v) is 9.56. The van der Waals surface area contributed by atoms with E-state index in [1.54, 1.807) is 29.0 Å². The zero-order valence-corrected chi connectivity index (χ0v) is 16.6. The molecule has 1 saturated heterocycles. The topological polar surface area (TPSA) is 75.9 Å². The van der Waals surface area contributed by atoms with Gasteiger partial charge in [-0.25, -0.2) is 0 Å². The van der Waals surface area contributed by atoms with Crippen molar-refractivity contribution < 1.29 is 18.7 Å². The molecule has 150 valence electrons. The van der Waals surface area contributed by atoms with Gasteiger partial charge in [0.25, 0.3) is 5.91 Å². The number of hydrogen-bond donors (Lipinski definition) is 0. The van der Waals surface area contributed by atoms with Gasteiger partial charge in [0.15, 0.2) is 0 Å². The van der Waals surface area contributed by atoms with E-state index in [2.05, 4.69) is 18.8 Å². The van der Waals surface area contributed by atoms with Crippen LogP contribution in [0.25, 0.3) is 0 Å². The van der Waals surface area contributed by atoms with E-state index in [-0.39, 0.29) is 24.5 Å². The number of aromatic nitrogens is 1. The lowest BCUT2D eigenvalue weighted by atomic mass is 10.2. The normalized spacial score (nSPS) is 17.9. The number of carbonyl (C=O) groups is 2. The number of pyridine rings is 1. The maximum atomic E-state index is 13.0. The van der Waals surface area contributed by atoms with Crippen LogP contribution in [0.4, 0.5) is 0 Å². The van der Waals surface area contributed by atoms with Crippen LogP contribution < -0.4 is 0 Å². The van der Waals surface area contributed by atoms with E-state index in [9.17, 15) is 9.59 Å². The lowest BCUT2D eigenvalue weighted by molar-refractivity contribution is -0.132. The van der Waals surface area contributed by atoms with Gasteiger partial charge >= 0.3 is 0 Å². The molecule has 1 unspecified atom stereocenters. The Kier molecular flexibility index (Phi) is 6.46. The Bertz CT molecular complexity index is 803. The summed E-state index contributed by atoms with van der Waals surface area (Å²) in [6.45, 7) is 7.69. The van der Waals surface area contributed by atoms with E-state index in [0.717, 1.165) is 5.69 Å². The molecule has 0 radical (unpaired) electrons. The highest BCUT2D eigenvalue weighted by Crippen LogP contribution is 2.17. The second kappa shape index (κ2) is 9.01. The van der Waals surface area contributed by atoms with E-state index in [1.807, 2.05) is 18.2 Å². The predicted molar refractivity (Wildman–Crippen MR) is 104 cm³/mol. The van der Waals surface area contributed by atoms with Crippen LogP contribution in [-0.2, 0) is 16.1 Å². The molecule has 0 aliphatic carbocycles. The molecule has 2 amide bonds. The largest absolute Gasteiger partial charge is 0.469 e. The number of rotatable bonds is 6. The zero-order valence-electron chi connectivity index (χ0n) is 16.6. The molecule has 0 aromatic carbocycles. The Morgan fingerprint density at radius 2 is 2.14 bits per heavy atom. The van der Waals surface area contributed by atoms with Crippen LogP contribution in [0.1, 0.15) is 35.7 Å². The molecule has 0 N–H and O–H groups in total. The quantitative estimate of drug-likeness (QED) is 0.764. The number of amides is 2. The maximum Gasteiger partial charge on any atom is 0.257 e. The first kappa shape index (κ1) is 20.1. The molecule has 3 rings (SSSR count). The molecule has 1 atom stereocenters. The number of ether oxygens (including phenoxy) is 1. The summed E-state index contributed by atoms with van der Waals surface area (Å²) >= 11 is 0. The highest BCUT2D eigenvalue weighted by molar-refractivity contribution is 5.97. The summed E-state index contributed by atoms with van der Waals surface area (Å²) < 4.78 is 11.3. The second-order valence-electron chi connectivity index (χ2n) is 7.52. The summed E-state index contributed by atoms with van der Waals surface area (Å²) in [5.41, 5.74) is 1.30. The van der Waals surface area contributed by atoms with Crippen LogP contribution in [0.2, 0.25) is 0 Å². The first-order chi connectivity index (χ1) is 13.4. The third-order valence-corrected chi connectivity index (χ3v) is 4.68. The highest BCUT2D eigenvalue weighted by atomic mass is 16.5. The lowest BCUT2D eigenvalue weighted by Crippen LogP contribution is -2.40. The van der Waals surface area contributed by atoms with Gasteiger partial charge in [-0.05, 0) is 31.0 Å². The smallest absolute Gasteiger partial charge is 0.257 e. The summed E-state index contributed by atoms with van der Waals surface area (Å²) in [7, 11) is 0. The Balaban J connectivity index is 1.76. The van der Waals surface area contributed by atoms with Crippen LogP contribution in [0.15, 0.2) is 41.1 Å². The average Bonchev–Trinajstić information content (AvgIpc) is 3.03. The minimum absolute atomic E-state index is 0.0413. The van der Waals surface area contributed by atoms with Crippen LogP contribution in [0.5, 0.6) is 0 Å². The van der Waals surface area contributed by atoms with Crippen molar-refractivity contribution in [2.24, 2.45) is 5.92 Å². The minimum Gasteiger partial charge on any atom is -0.469 e. The molecular formula is C21H27N3O4. The van der Waals surface area contributed by atoms with E-state index in [4.69, 9.17) is 9.15 Å². The number of furan rings is 1. The Hall–Kier alpha value is -2.67. The van der Waals surface area contributed by atoms with Gasteiger partial charge in [0.1, 0.15) is 12.3 Å². The Labute approximate surface area is 165 Å². The van der Waals surface area contributed by atoms with Crippen molar-refractivity contribution in [2.45, 2.75) is 33.5 Å². The summed E-state index contributed by atoms with van der Waals surface area (Å²) in [6, 6.07) is 7.30. The van der Waals surface area contributed by atoms with Gasteiger partial charge in [0.05, 0.1) is 30.2 Å². The summed E-state index contributed by atoms with van der Waals surface area (Å²) in [6.07, 6.45) is 2.92. The number of nitrogens with zero attached hydrogens (tertiary/aromatic N) is 3. The fraction of sp³-hybridized carbons (Fsp3) is 0.476. The Morgan fingerprint density at radius 3 is 2.79 bits per heavy atom. The minimum atomic E-state index is -0.289. The van der Waals surface area contributed by atoms with E-state index < -0.39 is 0 Å². The van der Waals surface area contributed by atoms with Crippen molar-refractivity contribution in [3.05, 3.63) is 53.7 Å². The van der Waals surface area contributed by atoms with Gasteiger partial charge in [0, 0.05) is 25.8 Å². The van der Waals surface area contributed by atoms with Crippen molar-refractivity contribution in [3.8, 4) is 0 Å². The summed E-state index contributed by atoms with van der Waals surface area (Å²) in [5.74, 6) is 0.606. The SMILES string of the molecule is Cc1occc1C(=O)N1CC(=O)N(CC(C)C)CC(OCc2ccccn2)C1. The Morgan fingerprint density at radius 1 is 1.32 bits per heavy atom. The first-order valence-electron chi connectivity index (χ1n) is 9.56. The van der Waals surface area contributed by atoms with E-state index in [1.165, 1.54) is 6.26 Å². The van der Waals surface area contributed by atoms with Gasteiger partial charge in [-0.15, -0.1) is 0 Å². The third-order valence-electron chi connectivity index (χ3n) is 4.68. The maximum absolute atomic E-state index is 13.0. The standard InChI is InChI=1S/C21H27N3O4/c1-15(2)10-23-11-18(28-14-17-6-4-5-8-22-17)12-24(13-20(23)25)21(26)19-7-9-27-16(19)3/h4-9,15,18H,10-14H2,1-3H3. The molecule has 3 heterocycles. The van der Waals surface area contributed by atoms with Crippen LogP contribution >= 0.6 is 0 Å². The van der Waals surface area contributed by atoms with E-state index in [0.29, 0.717) is 43.5 Å². The fourth-order valence-corrected chi connectivity index (χ4v) is 3.32. The second-order valence-corrected chi connectivity index (χ2v) is 7.52. The zero-order chi connectivity index (χ0) is 20.1. The molecule has 1 aliphatic heterocycles. The van der Waals surface area contributed by atoms with Gasteiger partial charge in [0.2, 0.25) is 5.91 Å². The van der Waals surface area contributed by atoms with Crippen molar-refractivity contribution in [1.29, 1.82) is 0 Å². The molecular weight excluding hydrogens is 358 g/mol. The molecule has 0 saturated carbocycles. The molecule has 28 heavy (non-hydrogen) atoms. The van der Waals surface area contributed by atoms with Gasteiger partial charge in [-0.1, -0.05) is 19.9 Å². The summed E-state index contributed by atoms with van der Waals surface area (Å²) in [5, 5.41) is 0. The van der Waals surface area contributed by atoms with Crippen molar-refractivity contribution in [1.82, 2.24) is 14.8 Å². The molecule has 7 heteroatoms. The van der Waals surface area contributed by atoms with Crippen molar-refractivity contribution >= 4 is 11.8 Å². The predicted octanol–water partition coefficient (Wildman–Crippen LogP) is 2.51. The third kappa shape index (κ3) is 4.98. The summed E-state index contributed by atoms with van der Waals surface area (Å²) in [4.78, 5) is 33.4. The number of aryl methyl sites for hydroxylation is 1. The average molecular weight is 385 g/mol. The number of hydrogen-bond acceptors (Lipinski definition) is 5. The van der Waals surface area contributed by atoms with Crippen molar-refractivity contribution in [3.63, 3.8) is 0 Å². The van der Waals surface area contributed by atoms with Crippen LogP contribution in [-0.4, -0.2) is 58.9 Å². The number of carbonyl (C=O) groups excluding carboxylic acids is 2. The van der Waals surface area contributed by atoms with Crippen LogP contribution in [0, 0.1) is 12.8 Å². The van der Waals surface area contributed by atoms with Gasteiger partial charge in [-0.3, -0.25) is 14.6 Å². The molecule has 2 aromatic heterocycles. The van der Waals surface area contributed by atoms with Gasteiger partial charge in [-0.2, -0.15) is 0 Å². The lowest BCUT2D eigenvalue weighted by Gasteiger charge is -2.25. The highest BCUT2D eigenvalue weighted by Gasteiger charge is 2.32. The van der Waals surface area contributed by atoms with Crippen LogP contribution in [0.3, 0.4) is 0 Å². The monoisotopic (exact) mass is 385 g/mol. The van der Waals surface area contributed by atoms with E-state index >= 15 is 0 Å². The molecule has 7 nitrogen and oxygen atoms in total. The molecule has 0 bridgehead atoms. The molecule has 1 fully saturated rings. The fourth-order valence-electron chi connectivity index (χ4n) is 3.32. The van der Waals surface area contributed by atoms with Crippen molar-refractivity contribution in [2.75, 3.05) is 26.2 Å². The molecule has 0 spiro atoms. The molecule has 2 aromatic rings. The van der Waals surface area contributed by atoms with Gasteiger partial charge < -0.3 is 19.0 Å². The molecule has 1 aliphatic rings.